The van der Waals surface area contributed by atoms with E-state index in [1.807, 2.05) is 0 Å². The first-order valence-corrected chi connectivity index (χ1v) is 6.42. The summed E-state index contributed by atoms with van der Waals surface area (Å²) in [6.07, 6.45) is -0.919. The highest BCUT2D eigenvalue weighted by atomic mass is 19.3. The molecule has 2 aromatic rings. The summed E-state index contributed by atoms with van der Waals surface area (Å²) in [5.41, 5.74) is 1.53. The van der Waals surface area contributed by atoms with Gasteiger partial charge in [-0.1, -0.05) is 0 Å². The molecule has 0 bridgehead atoms. The van der Waals surface area contributed by atoms with Crippen LogP contribution in [-0.4, -0.2) is 40.0 Å². The fourth-order valence-corrected chi connectivity index (χ4v) is 1.91. The zero-order chi connectivity index (χ0) is 15.4. The van der Waals surface area contributed by atoms with E-state index in [-0.39, 0.29) is 11.6 Å². The van der Waals surface area contributed by atoms with Crippen molar-refractivity contribution in [3.05, 3.63) is 23.7 Å². The standard InChI is InChI=1S/C13H17F2N5O/c1-8-9(7-20(2)19-8)10-6-11(12(14)15)18-13(17-10)16-4-5-21-3/h6-7,12H,4-5H2,1-3H3,(H,16,17,18). The first-order chi connectivity index (χ1) is 10.0. The van der Waals surface area contributed by atoms with Crippen molar-refractivity contribution in [2.75, 3.05) is 25.6 Å². The molecule has 2 heterocycles. The minimum Gasteiger partial charge on any atom is -0.383 e. The van der Waals surface area contributed by atoms with Crippen LogP contribution in [0.15, 0.2) is 12.3 Å². The molecule has 0 aliphatic rings. The lowest BCUT2D eigenvalue weighted by Gasteiger charge is -2.09. The first-order valence-electron chi connectivity index (χ1n) is 6.42. The van der Waals surface area contributed by atoms with Crippen LogP contribution in [0.4, 0.5) is 14.7 Å². The Labute approximate surface area is 121 Å². The van der Waals surface area contributed by atoms with Gasteiger partial charge in [-0.05, 0) is 13.0 Å². The van der Waals surface area contributed by atoms with E-state index in [1.54, 1.807) is 32.0 Å². The van der Waals surface area contributed by atoms with Gasteiger partial charge in [0.05, 0.1) is 18.0 Å². The lowest BCUT2D eigenvalue weighted by atomic mass is 10.1. The van der Waals surface area contributed by atoms with Crippen molar-refractivity contribution in [3.8, 4) is 11.3 Å². The van der Waals surface area contributed by atoms with Gasteiger partial charge >= 0.3 is 0 Å². The number of nitrogens with one attached hydrogen (secondary N) is 1. The number of hydrogen-bond donors (Lipinski definition) is 1. The van der Waals surface area contributed by atoms with Crippen LogP contribution in [0.25, 0.3) is 11.3 Å². The van der Waals surface area contributed by atoms with Crippen LogP contribution >= 0.6 is 0 Å². The Morgan fingerprint density at radius 1 is 1.38 bits per heavy atom. The van der Waals surface area contributed by atoms with E-state index in [9.17, 15) is 8.78 Å². The predicted octanol–water partition coefficient (Wildman–Crippen LogP) is 2.18. The number of alkyl halides is 2. The summed E-state index contributed by atoms with van der Waals surface area (Å²) in [4.78, 5) is 8.08. The summed E-state index contributed by atoms with van der Waals surface area (Å²) in [5.74, 6) is 0.156. The molecule has 0 atom stereocenters. The third-order valence-corrected chi connectivity index (χ3v) is 2.85. The Bertz CT molecular complexity index is 615. The normalized spacial score (nSPS) is 11.1. The number of methoxy groups -OCH3 is 1. The zero-order valence-electron chi connectivity index (χ0n) is 12.1. The monoisotopic (exact) mass is 297 g/mol. The maximum absolute atomic E-state index is 13.0. The summed E-state index contributed by atoms with van der Waals surface area (Å²) in [6, 6.07) is 1.29. The minimum atomic E-state index is -2.66. The number of anilines is 1. The second-order valence-electron chi connectivity index (χ2n) is 4.52. The van der Waals surface area contributed by atoms with Gasteiger partial charge in [-0.2, -0.15) is 5.10 Å². The van der Waals surface area contributed by atoms with Gasteiger partial charge in [-0.3, -0.25) is 4.68 Å². The van der Waals surface area contributed by atoms with Crippen molar-refractivity contribution in [1.29, 1.82) is 0 Å². The van der Waals surface area contributed by atoms with E-state index >= 15 is 0 Å². The van der Waals surface area contributed by atoms with Crippen LogP contribution < -0.4 is 5.32 Å². The summed E-state index contributed by atoms with van der Waals surface area (Å²) in [6.45, 7) is 2.68. The average molecular weight is 297 g/mol. The molecule has 2 aromatic heterocycles. The Hall–Kier alpha value is -2.09. The Kier molecular flexibility index (Phi) is 4.79. The molecule has 0 saturated heterocycles. The molecular weight excluding hydrogens is 280 g/mol. The van der Waals surface area contributed by atoms with Gasteiger partial charge in [0, 0.05) is 32.5 Å². The molecule has 0 fully saturated rings. The molecule has 114 valence electrons. The smallest absolute Gasteiger partial charge is 0.280 e. The van der Waals surface area contributed by atoms with Gasteiger partial charge in [0.2, 0.25) is 5.95 Å². The van der Waals surface area contributed by atoms with Crippen LogP contribution in [0.2, 0.25) is 0 Å². The fourth-order valence-electron chi connectivity index (χ4n) is 1.91. The van der Waals surface area contributed by atoms with E-state index in [0.717, 1.165) is 5.69 Å². The van der Waals surface area contributed by atoms with Crippen molar-refractivity contribution in [2.24, 2.45) is 7.05 Å². The predicted molar refractivity (Wildman–Crippen MR) is 74.3 cm³/mol. The zero-order valence-corrected chi connectivity index (χ0v) is 12.1. The average Bonchev–Trinajstić information content (AvgIpc) is 2.77. The van der Waals surface area contributed by atoms with Crippen molar-refractivity contribution in [2.45, 2.75) is 13.3 Å². The van der Waals surface area contributed by atoms with E-state index in [0.29, 0.717) is 24.4 Å². The Morgan fingerprint density at radius 3 is 2.71 bits per heavy atom. The lowest BCUT2D eigenvalue weighted by Crippen LogP contribution is -2.11. The minimum absolute atomic E-state index is 0.156. The molecule has 0 aromatic carbocycles. The van der Waals surface area contributed by atoms with E-state index in [2.05, 4.69) is 20.4 Å². The lowest BCUT2D eigenvalue weighted by molar-refractivity contribution is 0.146. The quantitative estimate of drug-likeness (QED) is 0.828. The SMILES string of the molecule is COCCNc1nc(-c2cn(C)nc2C)cc(C(F)F)n1. The highest BCUT2D eigenvalue weighted by Crippen LogP contribution is 2.26. The molecule has 21 heavy (non-hydrogen) atoms. The van der Waals surface area contributed by atoms with Gasteiger partial charge in [0.25, 0.3) is 6.43 Å². The second kappa shape index (κ2) is 6.57. The number of aromatic nitrogens is 4. The summed E-state index contributed by atoms with van der Waals surface area (Å²) in [7, 11) is 3.33. The summed E-state index contributed by atoms with van der Waals surface area (Å²) < 4.78 is 32.5. The third kappa shape index (κ3) is 3.72. The molecule has 1 N–H and O–H groups in total. The number of halogens is 2. The van der Waals surface area contributed by atoms with Crippen LogP contribution in [0.5, 0.6) is 0 Å². The highest BCUT2D eigenvalue weighted by molar-refractivity contribution is 5.62. The molecule has 0 spiro atoms. The number of aryl methyl sites for hydroxylation is 2. The highest BCUT2D eigenvalue weighted by Gasteiger charge is 2.16. The Balaban J connectivity index is 2.37. The van der Waals surface area contributed by atoms with Crippen LogP contribution in [-0.2, 0) is 11.8 Å². The van der Waals surface area contributed by atoms with Crippen LogP contribution in [0.3, 0.4) is 0 Å². The fraction of sp³-hybridized carbons (Fsp3) is 0.462. The van der Waals surface area contributed by atoms with Gasteiger partial charge in [0.15, 0.2) is 0 Å². The number of nitrogens with zero attached hydrogens (tertiary/aromatic N) is 4. The van der Waals surface area contributed by atoms with Gasteiger partial charge in [-0.15, -0.1) is 0 Å². The molecule has 0 aliphatic heterocycles. The molecular formula is C13H17F2N5O. The maximum atomic E-state index is 13.0. The topological polar surface area (TPSA) is 64.9 Å². The molecule has 8 heteroatoms. The largest absolute Gasteiger partial charge is 0.383 e. The molecule has 0 saturated carbocycles. The van der Waals surface area contributed by atoms with Crippen molar-refractivity contribution < 1.29 is 13.5 Å². The van der Waals surface area contributed by atoms with Gasteiger partial charge in [0.1, 0.15) is 5.69 Å². The van der Waals surface area contributed by atoms with E-state index in [4.69, 9.17) is 4.74 Å². The molecule has 2 rings (SSSR count). The summed E-state index contributed by atoms with van der Waals surface area (Å²) >= 11 is 0. The van der Waals surface area contributed by atoms with Gasteiger partial charge in [-0.25, -0.2) is 18.7 Å². The van der Waals surface area contributed by atoms with E-state index in [1.165, 1.54) is 6.07 Å². The third-order valence-electron chi connectivity index (χ3n) is 2.85. The van der Waals surface area contributed by atoms with Gasteiger partial charge < -0.3 is 10.1 Å². The first kappa shape index (κ1) is 15.3. The number of ether oxygens (including phenoxy) is 1. The molecule has 0 unspecified atom stereocenters. The number of rotatable bonds is 6. The maximum Gasteiger partial charge on any atom is 0.280 e. The van der Waals surface area contributed by atoms with Crippen LogP contribution in [0.1, 0.15) is 17.8 Å². The van der Waals surface area contributed by atoms with Crippen molar-refractivity contribution in [1.82, 2.24) is 19.7 Å². The van der Waals surface area contributed by atoms with Crippen LogP contribution in [0, 0.1) is 6.92 Å². The molecule has 0 radical (unpaired) electrons. The molecule has 0 aliphatic carbocycles. The Morgan fingerprint density at radius 2 is 2.14 bits per heavy atom. The summed E-state index contributed by atoms with van der Waals surface area (Å²) in [5, 5.41) is 7.06. The number of hydrogen-bond acceptors (Lipinski definition) is 5. The van der Waals surface area contributed by atoms with Crippen molar-refractivity contribution >= 4 is 5.95 Å². The van der Waals surface area contributed by atoms with Crippen molar-refractivity contribution in [3.63, 3.8) is 0 Å². The second-order valence-corrected chi connectivity index (χ2v) is 4.52. The van der Waals surface area contributed by atoms with E-state index < -0.39 is 6.43 Å². The molecule has 0 amide bonds. The molecule has 6 nitrogen and oxygen atoms in total.